The number of thioether (sulfide) groups is 1. The van der Waals surface area contributed by atoms with E-state index in [4.69, 9.17) is 0 Å². The highest BCUT2D eigenvalue weighted by Gasteiger charge is 2.40. The predicted molar refractivity (Wildman–Crippen MR) is 148 cm³/mol. The lowest BCUT2D eigenvalue weighted by molar-refractivity contribution is -0.130. The van der Waals surface area contributed by atoms with Gasteiger partial charge >= 0.3 is 0 Å². The number of carbonyl (C=O) groups is 2. The van der Waals surface area contributed by atoms with Crippen LogP contribution in [0.3, 0.4) is 0 Å². The largest absolute Gasteiger partial charge is 0.336 e. The number of nitrogens with zero attached hydrogens (tertiary/aromatic N) is 3. The highest BCUT2D eigenvalue weighted by atomic mass is 32.2. The van der Waals surface area contributed by atoms with Gasteiger partial charge < -0.3 is 14.7 Å². The first kappa shape index (κ1) is 25.1. The molecule has 3 aliphatic rings. The number of hydrogen-bond donors (Lipinski definition) is 0. The molecule has 0 aromatic heterocycles. The number of piperazine rings is 1. The van der Waals surface area contributed by atoms with E-state index in [1.807, 2.05) is 35.2 Å². The van der Waals surface area contributed by atoms with E-state index in [0.717, 1.165) is 61.6 Å². The lowest BCUT2D eigenvalue weighted by Crippen LogP contribution is -2.50. The minimum Gasteiger partial charge on any atom is -0.336 e. The minimum absolute atomic E-state index is 0.0996. The number of rotatable bonds is 5. The first-order chi connectivity index (χ1) is 17.5. The normalized spacial score (nSPS) is 24.2. The smallest absolute Gasteiger partial charge is 0.260 e. The molecule has 0 radical (unpaired) electrons. The third-order valence-electron chi connectivity index (χ3n) is 7.98. The van der Waals surface area contributed by atoms with Crippen LogP contribution in [0.15, 0.2) is 53.4 Å². The van der Waals surface area contributed by atoms with E-state index in [-0.39, 0.29) is 11.8 Å². The third kappa shape index (κ3) is 5.40. The van der Waals surface area contributed by atoms with Crippen molar-refractivity contribution in [3.63, 3.8) is 0 Å². The van der Waals surface area contributed by atoms with Crippen LogP contribution in [-0.2, 0) is 11.3 Å². The van der Waals surface area contributed by atoms with Crippen LogP contribution in [0.5, 0.6) is 0 Å². The second-order valence-electron chi connectivity index (χ2n) is 10.2. The second-order valence-corrected chi connectivity index (χ2v) is 11.5. The van der Waals surface area contributed by atoms with E-state index >= 15 is 0 Å². The molecule has 2 heterocycles. The molecule has 0 N–H and O–H groups in total. The number of hydrogen-bond acceptors (Lipinski definition) is 4. The Hall–Kier alpha value is -2.57. The van der Waals surface area contributed by atoms with Gasteiger partial charge in [-0.3, -0.25) is 9.59 Å². The quantitative estimate of drug-likeness (QED) is 0.526. The van der Waals surface area contributed by atoms with E-state index in [0.29, 0.717) is 17.8 Å². The summed E-state index contributed by atoms with van der Waals surface area (Å²) in [5, 5.41) is 0.453. The number of aryl methyl sites for hydroxylation is 1. The van der Waals surface area contributed by atoms with Crippen molar-refractivity contribution in [3.8, 4) is 0 Å². The average Bonchev–Trinajstić information content (AvgIpc) is 2.92. The topological polar surface area (TPSA) is 43.9 Å². The third-order valence-corrected chi connectivity index (χ3v) is 9.38. The van der Waals surface area contributed by atoms with Gasteiger partial charge in [0.05, 0.1) is 4.91 Å². The van der Waals surface area contributed by atoms with E-state index in [2.05, 4.69) is 47.9 Å². The van der Waals surface area contributed by atoms with E-state index in [9.17, 15) is 9.59 Å². The molecule has 2 aromatic rings. The molecule has 2 aliphatic heterocycles. The predicted octanol–water partition coefficient (Wildman–Crippen LogP) is 5.20. The van der Waals surface area contributed by atoms with Gasteiger partial charge in [0.25, 0.3) is 11.8 Å². The van der Waals surface area contributed by atoms with Gasteiger partial charge in [-0.1, -0.05) is 56.2 Å². The summed E-state index contributed by atoms with van der Waals surface area (Å²) in [5.41, 5.74) is 4.16. The van der Waals surface area contributed by atoms with Gasteiger partial charge in [-0.2, -0.15) is 0 Å². The van der Waals surface area contributed by atoms with Gasteiger partial charge in [0.2, 0.25) is 0 Å². The maximum absolute atomic E-state index is 13.7. The monoisotopic (exact) mass is 503 g/mol. The van der Waals surface area contributed by atoms with E-state index in [1.165, 1.54) is 24.0 Å². The summed E-state index contributed by atoms with van der Waals surface area (Å²) >= 11 is 1.76. The molecule has 36 heavy (non-hydrogen) atoms. The fourth-order valence-corrected chi connectivity index (χ4v) is 7.13. The summed E-state index contributed by atoms with van der Waals surface area (Å²) in [4.78, 5) is 34.0. The molecule has 0 spiro atoms. The van der Waals surface area contributed by atoms with Gasteiger partial charge in [0.1, 0.15) is 0 Å². The molecule has 0 bridgehead atoms. The van der Waals surface area contributed by atoms with Crippen LogP contribution < -0.4 is 0 Å². The second kappa shape index (κ2) is 11.2. The summed E-state index contributed by atoms with van der Waals surface area (Å²) in [5.74, 6) is 0.239. The lowest BCUT2D eigenvalue weighted by atomic mass is 9.92. The maximum Gasteiger partial charge on any atom is 0.260 e. The van der Waals surface area contributed by atoms with Gasteiger partial charge in [-0.05, 0) is 61.2 Å². The Morgan fingerprint density at radius 1 is 1.00 bits per heavy atom. The first-order valence-corrected chi connectivity index (χ1v) is 14.3. The Morgan fingerprint density at radius 3 is 2.44 bits per heavy atom. The molecular weight excluding hydrogens is 466 g/mol. The summed E-state index contributed by atoms with van der Waals surface area (Å²) < 4.78 is 0. The van der Waals surface area contributed by atoms with Crippen molar-refractivity contribution in [3.05, 3.63) is 75.7 Å². The summed E-state index contributed by atoms with van der Waals surface area (Å²) in [6, 6.07) is 16.5. The van der Waals surface area contributed by atoms with Crippen LogP contribution in [0, 0.1) is 6.92 Å². The standard InChI is InChI=1S/C30H37N3O2S/c1-3-31-16-18-32(19-17-31)29(34)24-14-12-23(13-15-24)20-28-30(35)33(21-25-9-5-4-8-22(25)2)26-10-6-7-11-27(26)36-28/h4-5,8-9,12-15,20,26-27H,3,6-7,10-11,16-19,21H2,1-2H3/b28-20+. The zero-order chi connectivity index (χ0) is 25.1. The fraction of sp³-hybridized carbons (Fsp3) is 0.467. The van der Waals surface area contributed by atoms with Crippen molar-refractivity contribution in [2.24, 2.45) is 0 Å². The number of amides is 2. The van der Waals surface area contributed by atoms with Crippen LogP contribution in [0.25, 0.3) is 6.08 Å². The number of likely N-dealkylation sites (N-methyl/N-ethyl adjacent to an activating group) is 1. The zero-order valence-corrected chi connectivity index (χ0v) is 22.3. The molecule has 6 heteroatoms. The van der Waals surface area contributed by atoms with Gasteiger partial charge in [-0.15, -0.1) is 11.8 Å². The lowest BCUT2D eigenvalue weighted by Gasteiger charge is -2.44. The van der Waals surface area contributed by atoms with Crippen LogP contribution >= 0.6 is 11.8 Å². The first-order valence-electron chi connectivity index (χ1n) is 13.4. The van der Waals surface area contributed by atoms with Crippen molar-refractivity contribution in [2.75, 3.05) is 32.7 Å². The van der Waals surface area contributed by atoms with E-state index < -0.39 is 0 Å². The fourth-order valence-electron chi connectivity index (χ4n) is 5.66. The summed E-state index contributed by atoms with van der Waals surface area (Å²) in [7, 11) is 0. The van der Waals surface area contributed by atoms with Crippen molar-refractivity contribution in [1.82, 2.24) is 14.7 Å². The van der Waals surface area contributed by atoms with Gasteiger partial charge in [-0.25, -0.2) is 0 Å². The SMILES string of the molecule is CCN1CCN(C(=O)c2ccc(/C=C3/SC4CCCCC4N(Cc4ccccc4C)C3=O)cc2)CC1. The highest BCUT2D eigenvalue weighted by Crippen LogP contribution is 2.42. The highest BCUT2D eigenvalue weighted by molar-refractivity contribution is 8.04. The van der Waals surface area contributed by atoms with Crippen LogP contribution in [0.4, 0.5) is 0 Å². The minimum atomic E-state index is 0.0996. The van der Waals surface area contributed by atoms with Gasteiger partial charge in [0, 0.05) is 49.6 Å². The van der Waals surface area contributed by atoms with Crippen molar-refractivity contribution >= 4 is 29.7 Å². The molecular formula is C30H37N3O2S. The maximum atomic E-state index is 13.7. The Labute approximate surface area is 219 Å². The Morgan fingerprint density at radius 2 is 1.72 bits per heavy atom. The average molecular weight is 504 g/mol. The Balaban J connectivity index is 1.33. The van der Waals surface area contributed by atoms with Crippen LogP contribution in [0.1, 0.15) is 59.7 Å². The molecule has 2 unspecified atom stereocenters. The summed E-state index contributed by atoms with van der Waals surface area (Å²) in [6.07, 6.45) is 6.70. The molecule has 3 fully saturated rings. The van der Waals surface area contributed by atoms with Crippen molar-refractivity contribution in [2.45, 2.75) is 57.4 Å². The van der Waals surface area contributed by atoms with Crippen molar-refractivity contribution < 1.29 is 9.59 Å². The molecule has 5 nitrogen and oxygen atoms in total. The molecule has 2 atom stereocenters. The van der Waals surface area contributed by atoms with Crippen LogP contribution in [-0.4, -0.2) is 70.5 Å². The number of fused-ring (bicyclic) bond motifs is 1. The number of carbonyl (C=O) groups excluding carboxylic acids is 2. The molecule has 2 amide bonds. The molecule has 5 rings (SSSR count). The Bertz CT molecular complexity index is 1120. The molecule has 2 saturated heterocycles. The molecule has 1 saturated carbocycles. The summed E-state index contributed by atoms with van der Waals surface area (Å²) in [6.45, 7) is 9.43. The molecule has 190 valence electrons. The Kier molecular flexibility index (Phi) is 7.82. The number of benzene rings is 2. The van der Waals surface area contributed by atoms with Crippen LogP contribution in [0.2, 0.25) is 0 Å². The van der Waals surface area contributed by atoms with Crippen molar-refractivity contribution in [1.29, 1.82) is 0 Å². The van der Waals surface area contributed by atoms with Gasteiger partial charge in [0.15, 0.2) is 0 Å². The van der Waals surface area contributed by atoms with E-state index in [1.54, 1.807) is 11.8 Å². The zero-order valence-electron chi connectivity index (χ0n) is 21.5. The molecule has 1 aliphatic carbocycles. The molecule has 2 aromatic carbocycles.